The first-order chi connectivity index (χ1) is 7.33. The molecule has 0 bridgehead atoms. The van der Waals surface area contributed by atoms with Crippen LogP contribution in [0.25, 0.3) is 11.5 Å². The zero-order valence-corrected chi connectivity index (χ0v) is 8.02. The molecule has 2 heterocycles. The van der Waals surface area contributed by atoms with Gasteiger partial charge >= 0.3 is 0 Å². The highest BCUT2D eigenvalue weighted by Crippen LogP contribution is 2.17. The number of methoxy groups -OCH3 is 1. The fraction of sp³-hybridized carbons (Fsp3) is 0.222. The number of nitrogens with zero attached hydrogens (tertiary/aromatic N) is 3. The van der Waals surface area contributed by atoms with Gasteiger partial charge in [-0.05, 0) is 6.07 Å². The summed E-state index contributed by atoms with van der Waals surface area (Å²) in [7, 11) is 1.56. The number of hydrogen-bond acceptors (Lipinski definition) is 5. The summed E-state index contributed by atoms with van der Waals surface area (Å²) in [5.41, 5.74) is 1.15. The molecule has 2 aromatic heterocycles. The minimum atomic E-state index is 0.305. The molecule has 0 saturated heterocycles. The highest BCUT2D eigenvalue weighted by atomic mass is 16.5. The predicted octanol–water partition coefficient (Wildman–Crippen LogP) is 1.08. The standard InChI is InChI=1S/C9H8N4O2/c1-14-5-8-12-9(15-13-8)6-2-7(3-10)11-4-6/h2,4,11H,5H2,1H3. The molecule has 0 fully saturated rings. The maximum absolute atomic E-state index is 8.62. The molecule has 0 spiro atoms. The number of aromatic nitrogens is 3. The number of aromatic amines is 1. The van der Waals surface area contributed by atoms with Crippen molar-refractivity contribution >= 4 is 0 Å². The number of nitrogens with one attached hydrogen (secondary N) is 1. The molecule has 0 radical (unpaired) electrons. The number of rotatable bonds is 3. The Morgan fingerprint density at radius 1 is 1.67 bits per heavy atom. The minimum Gasteiger partial charge on any atom is -0.377 e. The van der Waals surface area contributed by atoms with Crippen LogP contribution in [0.1, 0.15) is 11.5 Å². The van der Waals surface area contributed by atoms with E-state index in [0.717, 1.165) is 0 Å². The van der Waals surface area contributed by atoms with Gasteiger partial charge in [0.25, 0.3) is 5.89 Å². The first-order valence-electron chi connectivity index (χ1n) is 4.24. The largest absolute Gasteiger partial charge is 0.377 e. The van der Waals surface area contributed by atoms with Gasteiger partial charge in [-0.25, -0.2) is 0 Å². The van der Waals surface area contributed by atoms with E-state index in [4.69, 9.17) is 14.5 Å². The lowest BCUT2D eigenvalue weighted by Crippen LogP contribution is -1.89. The molecule has 0 saturated carbocycles. The molecule has 0 aromatic carbocycles. The Bertz CT molecular complexity index is 494. The van der Waals surface area contributed by atoms with Crippen LogP contribution < -0.4 is 0 Å². The van der Waals surface area contributed by atoms with E-state index in [1.165, 1.54) is 0 Å². The summed E-state index contributed by atoms with van der Waals surface area (Å²) < 4.78 is 9.85. The van der Waals surface area contributed by atoms with E-state index in [1.807, 2.05) is 6.07 Å². The lowest BCUT2D eigenvalue weighted by Gasteiger charge is -1.86. The Morgan fingerprint density at radius 2 is 2.53 bits per heavy atom. The van der Waals surface area contributed by atoms with Crippen LogP contribution in [0.3, 0.4) is 0 Å². The van der Waals surface area contributed by atoms with Gasteiger partial charge in [-0.15, -0.1) is 0 Å². The van der Waals surface area contributed by atoms with Crippen LogP contribution in [-0.4, -0.2) is 22.2 Å². The van der Waals surface area contributed by atoms with E-state index in [-0.39, 0.29) is 0 Å². The van der Waals surface area contributed by atoms with Crippen molar-refractivity contribution in [1.82, 2.24) is 15.1 Å². The summed E-state index contributed by atoms with van der Waals surface area (Å²) in [4.78, 5) is 6.86. The molecule has 2 rings (SSSR count). The van der Waals surface area contributed by atoms with E-state index < -0.39 is 0 Å². The van der Waals surface area contributed by atoms with Crippen molar-refractivity contribution in [3.63, 3.8) is 0 Å². The summed E-state index contributed by atoms with van der Waals surface area (Å²) in [6, 6.07) is 3.62. The summed E-state index contributed by atoms with van der Waals surface area (Å²) >= 11 is 0. The highest BCUT2D eigenvalue weighted by Gasteiger charge is 2.10. The maximum Gasteiger partial charge on any atom is 0.259 e. The summed E-state index contributed by atoms with van der Waals surface area (Å²) in [5.74, 6) is 0.854. The summed E-state index contributed by atoms with van der Waals surface area (Å²) in [6.45, 7) is 0.305. The molecule has 0 atom stereocenters. The molecule has 0 aliphatic rings. The molecule has 1 N–H and O–H groups in total. The molecule has 0 amide bonds. The molecule has 6 nitrogen and oxygen atoms in total. The third kappa shape index (κ3) is 1.87. The molecule has 76 valence electrons. The van der Waals surface area contributed by atoms with Crippen LogP contribution in [0.15, 0.2) is 16.8 Å². The smallest absolute Gasteiger partial charge is 0.259 e. The third-order valence-electron chi connectivity index (χ3n) is 1.79. The second-order valence-corrected chi connectivity index (χ2v) is 2.86. The average molecular weight is 204 g/mol. The van der Waals surface area contributed by atoms with Gasteiger partial charge in [-0.2, -0.15) is 10.2 Å². The van der Waals surface area contributed by atoms with Gasteiger partial charge < -0.3 is 14.2 Å². The van der Waals surface area contributed by atoms with Crippen molar-refractivity contribution in [2.75, 3.05) is 7.11 Å². The molecule has 15 heavy (non-hydrogen) atoms. The van der Waals surface area contributed by atoms with Gasteiger partial charge in [-0.1, -0.05) is 5.16 Å². The van der Waals surface area contributed by atoms with Gasteiger partial charge in [0.2, 0.25) is 0 Å². The SMILES string of the molecule is COCc1noc(-c2c[nH]c(C#N)c2)n1. The van der Waals surface area contributed by atoms with Crippen LogP contribution >= 0.6 is 0 Å². The van der Waals surface area contributed by atoms with Gasteiger partial charge in [0.1, 0.15) is 18.4 Å². The number of H-pyrrole nitrogens is 1. The minimum absolute atomic E-state index is 0.305. The van der Waals surface area contributed by atoms with Crippen LogP contribution in [-0.2, 0) is 11.3 Å². The van der Waals surface area contributed by atoms with Crippen LogP contribution in [0.4, 0.5) is 0 Å². The highest BCUT2D eigenvalue weighted by molar-refractivity contribution is 5.54. The fourth-order valence-corrected chi connectivity index (χ4v) is 1.14. The van der Waals surface area contributed by atoms with Gasteiger partial charge in [0.15, 0.2) is 5.82 Å². The molecule has 0 aliphatic carbocycles. The lowest BCUT2D eigenvalue weighted by molar-refractivity contribution is 0.174. The van der Waals surface area contributed by atoms with Crippen molar-refractivity contribution in [2.24, 2.45) is 0 Å². The Hall–Kier alpha value is -2.13. The molecular formula is C9H8N4O2. The molecular weight excluding hydrogens is 196 g/mol. The first kappa shape index (κ1) is 9.43. The quantitative estimate of drug-likeness (QED) is 0.808. The van der Waals surface area contributed by atoms with E-state index in [2.05, 4.69) is 15.1 Å². The Balaban J connectivity index is 2.25. The molecule has 0 unspecified atom stereocenters. The second kappa shape index (κ2) is 3.94. The zero-order valence-electron chi connectivity index (χ0n) is 8.02. The van der Waals surface area contributed by atoms with Crippen molar-refractivity contribution in [3.8, 4) is 17.5 Å². The molecule has 6 heteroatoms. The number of hydrogen-bond donors (Lipinski definition) is 1. The predicted molar refractivity (Wildman–Crippen MR) is 49.5 cm³/mol. The Kier molecular flexibility index (Phi) is 2.48. The van der Waals surface area contributed by atoms with E-state index in [0.29, 0.717) is 29.6 Å². The molecule has 2 aromatic rings. The third-order valence-corrected chi connectivity index (χ3v) is 1.79. The number of ether oxygens (including phenoxy) is 1. The van der Waals surface area contributed by atoms with Crippen LogP contribution in [0, 0.1) is 11.3 Å². The summed E-state index contributed by atoms with van der Waals surface area (Å²) in [6.07, 6.45) is 1.64. The van der Waals surface area contributed by atoms with Gasteiger partial charge in [-0.3, -0.25) is 0 Å². The first-order valence-corrected chi connectivity index (χ1v) is 4.24. The molecule has 0 aliphatic heterocycles. The van der Waals surface area contributed by atoms with E-state index in [9.17, 15) is 0 Å². The van der Waals surface area contributed by atoms with Crippen molar-refractivity contribution in [2.45, 2.75) is 6.61 Å². The summed E-state index contributed by atoms with van der Waals surface area (Å²) in [5, 5.41) is 12.3. The maximum atomic E-state index is 8.62. The van der Waals surface area contributed by atoms with Crippen molar-refractivity contribution < 1.29 is 9.26 Å². The zero-order chi connectivity index (χ0) is 10.7. The fourth-order valence-electron chi connectivity index (χ4n) is 1.14. The second-order valence-electron chi connectivity index (χ2n) is 2.86. The van der Waals surface area contributed by atoms with E-state index >= 15 is 0 Å². The Labute approximate surface area is 85.5 Å². The van der Waals surface area contributed by atoms with Crippen LogP contribution in [0.5, 0.6) is 0 Å². The van der Waals surface area contributed by atoms with Crippen LogP contribution in [0.2, 0.25) is 0 Å². The van der Waals surface area contributed by atoms with Crippen molar-refractivity contribution in [1.29, 1.82) is 5.26 Å². The normalized spacial score (nSPS) is 10.1. The van der Waals surface area contributed by atoms with Crippen molar-refractivity contribution in [3.05, 3.63) is 23.8 Å². The van der Waals surface area contributed by atoms with E-state index in [1.54, 1.807) is 19.4 Å². The monoisotopic (exact) mass is 204 g/mol. The lowest BCUT2D eigenvalue weighted by atomic mass is 10.3. The topological polar surface area (TPSA) is 87.7 Å². The van der Waals surface area contributed by atoms with Gasteiger partial charge in [0, 0.05) is 13.3 Å². The number of nitriles is 1. The average Bonchev–Trinajstić information content (AvgIpc) is 2.85. The van der Waals surface area contributed by atoms with Gasteiger partial charge in [0.05, 0.1) is 5.56 Å². The Morgan fingerprint density at radius 3 is 3.20 bits per heavy atom.